The largest absolute Gasteiger partial charge is 0.399 e. The molecule has 0 saturated heterocycles. The minimum atomic E-state index is -3.52. The molecule has 0 radical (unpaired) electrons. The molecule has 1 atom stereocenters. The van der Waals surface area contributed by atoms with Crippen molar-refractivity contribution in [1.82, 2.24) is 9.62 Å². The standard InChI is InChI=1S/C15H27N3O2S/c1-6-12(3)18(5)8-7-17-21(19,20)15-10-14(16)9-11(2)13(15)4/h9-10,12,17H,6-8,16H2,1-5H3. The minimum absolute atomic E-state index is 0.270. The molecule has 1 unspecified atom stereocenters. The summed E-state index contributed by atoms with van der Waals surface area (Å²) in [4.78, 5) is 2.41. The lowest BCUT2D eigenvalue weighted by Crippen LogP contribution is -2.37. The van der Waals surface area contributed by atoms with Crippen LogP contribution in [0.1, 0.15) is 31.4 Å². The fourth-order valence-electron chi connectivity index (χ4n) is 2.10. The second-order valence-corrected chi connectivity index (χ2v) is 7.33. The first kappa shape index (κ1) is 17.9. The Bertz CT molecular complexity index is 585. The summed E-state index contributed by atoms with van der Waals surface area (Å²) in [6.45, 7) is 8.96. The highest BCUT2D eigenvalue weighted by atomic mass is 32.2. The van der Waals surface area contributed by atoms with Crippen LogP contribution in [0.2, 0.25) is 0 Å². The van der Waals surface area contributed by atoms with E-state index in [4.69, 9.17) is 5.73 Å². The van der Waals surface area contributed by atoms with Gasteiger partial charge in [-0.15, -0.1) is 0 Å². The van der Waals surface area contributed by atoms with Gasteiger partial charge in [0, 0.05) is 24.8 Å². The number of nitrogen functional groups attached to an aromatic ring is 1. The smallest absolute Gasteiger partial charge is 0.240 e. The van der Waals surface area contributed by atoms with Crippen LogP contribution in [-0.2, 0) is 10.0 Å². The van der Waals surface area contributed by atoms with E-state index in [1.165, 1.54) is 6.07 Å². The van der Waals surface area contributed by atoms with E-state index in [-0.39, 0.29) is 4.90 Å². The van der Waals surface area contributed by atoms with Crippen molar-refractivity contribution in [2.75, 3.05) is 25.9 Å². The van der Waals surface area contributed by atoms with Crippen LogP contribution in [0.4, 0.5) is 5.69 Å². The highest BCUT2D eigenvalue weighted by Gasteiger charge is 2.18. The molecule has 1 aromatic carbocycles. The average Bonchev–Trinajstić information content (AvgIpc) is 2.41. The summed E-state index contributed by atoms with van der Waals surface area (Å²) in [5, 5.41) is 0. The van der Waals surface area contributed by atoms with Crippen molar-refractivity contribution in [3.8, 4) is 0 Å². The van der Waals surface area contributed by atoms with Crippen LogP contribution < -0.4 is 10.5 Å². The molecular weight excluding hydrogens is 286 g/mol. The van der Waals surface area contributed by atoms with Crippen molar-refractivity contribution < 1.29 is 8.42 Å². The van der Waals surface area contributed by atoms with Crippen LogP contribution in [0.3, 0.4) is 0 Å². The van der Waals surface area contributed by atoms with E-state index in [1.54, 1.807) is 13.0 Å². The SMILES string of the molecule is CCC(C)N(C)CCNS(=O)(=O)c1cc(N)cc(C)c1C. The minimum Gasteiger partial charge on any atom is -0.399 e. The van der Waals surface area contributed by atoms with Gasteiger partial charge < -0.3 is 10.6 Å². The summed E-state index contributed by atoms with van der Waals surface area (Å²) in [5.41, 5.74) is 7.85. The third-order valence-corrected chi connectivity index (χ3v) is 5.62. The number of hydrogen-bond donors (Lipinski definition) is 2. The summed E-state index contributed by atoms with van der Waals surface area (Å²) >= 11 is 0. The second-order valence-electron chi connectivity index (χ2n) is 5.60. The molecule has 1 aromatic rings. The molecule has 0 amide bonds. The number of aryl methyl sites for hydroxylation is 1. The Morgan fingerprint density at radius 3 is 2.52 bits per heavy atom. The Balaban J connectivity index is 2.79. The Morgan fingerprint density at radius 1 is 1.33 bits per heavy atom. The molecule has 6 heteroatoms. The molecule has 21 heavy (non-hydrogen) atoms. The Hall–Kier alpha value is -1.11. The van der Waals surface area contributed by atoms with Crippen molar-refractivity contribution in [1.29, 1.82) is 0 Å². The molecule has 0 saturated carbocycles. The first-order chi connectivity index (χ1) is 9.69. The molecular formula is C15H27N3O2S. The Labute approximate surface area is 128 Å². The molecule has 0 aromatic heterocycles. The lowest BCUT2D eigenvalue weighted by molar-refractivity contribution is 0.256. The maximum atomic E-state index is 12.4. The number of likely N-dealkylation sites (N-methyl/N-ethyl adjacent to an activating group) is 1. The third-order valence-electron chi connectivity index (χ3n) is 4.03. The second kappa shape index (κ2) is 7.24. The van der Waals surface area contributed by atoms with Gasteiger partial charge in [-0.2, -0.15) is 0 Å². The van der Waals surface area contributed by atoms with Crippen LogP contribution >= 0.6 is 0 Å². The van der Waals surface area contributed by atoms with E-state index < -0.39 is 10.0 Å². The van der Waals surface area contributed by atoms with Gasteiger partial charge in [0.1, 0.15) is 0 Å². The fourth-order valence-corrected chi connectivity index (χ4v) is 3.47. The maximum Gasteiger partial charge on any atom is 0.240 e. The number of sulfonamides is 1. The number of rotatable bonds is 7. The number of hydrogen-bond acceptors (Lipinski definition) is 4. The summed E-state index contributed by atoms with van der Waals surface area (Å²) < 4.78 is 27.4. The Kier molecular flexibility index (Phi) is 6.19. The lowest BCUT2D eigenvalue weighted by Gasteiger charge is -2.23. The topological polar surface area (TPSA) is 75.4 Å². The van der Waals surface area contributed by atoms with Gasteiger partial charge in [-0.3, -0.25) is 0 Å². The highest BCUT2D eigenvalue weighted by molar-refractivity contribution is 7.89. The monoisotopic (exact) mass is 313 g/mol. The van der Waals surface area contributed by atoms with Gasteiger partial charge in [0.25, 0.3) is 0 Å². The van der Waals surface area contributed by atoms with Gasteiger partial charge >= 0.3 is 0 Å². The zero-order valence-electron chi connectivity index (χ0n) is 13.6. The van der Waals surface area contributed by atoms with Crippen LogP contribution in [0.15, 0.2) is 17.0 Å². The predicted molar refractivity (Wildman–Crippen MR) is 87.9 cm³/mol. The molecule has 0 aliphatic heterocycles. The van der Waals surface area contributed by atoms with Crippen LogP contribution in [0.5, 0.6) is 0 Å². The molecule has 1 rings (SSSR count). The molecule has 0 bridgehead atoms. The summed E-state index contributed by atoms with van der Waals surface area (Å²) in [7, 11) is -1.52. The van der Waals surface area contributed by atoms with E-state index in [1.807, 2.05) is 14.0 Å². The summed E-state index contributed by atoms with van der Waals surface area (Å²) in [5.74, 6) is 0. The van der Waals surface area contributed by atoms with Crippen molar-refractivity contribution >= 4 is 15.7 Å². The normalized spacial score (nSPS) is 13.6. The van der Waals surface area contributed by atoms with E-state index in [0.717, 1.165) is 17.5 Å². The maximum absolute atomic E-state index is 12.4. The number of anilines is 1. The van der Waals surface area contributed by atoms with Gasteiger partial charge in [-0.05, 0) is 57.5 Å². The summed E-state index contributed by atoms with van der Waals surface area (Å²) in [6.07, 6.45) is 1.04. The zero-order valence-corrected chi connectivity index (χ0v) is 14.4. The van der Waals surface area contributed by atoms with E-state index in [0.29, 0.717) is 24.8 Å². The molecule has 120 valence electrons. The predicted octanol–water partition coefficient (Wildman–Crippen LogP) is 1.89. The molecule has 0 aliphatic carbocycles. The van der Waals surface area contributed by atoms with Crippen LogP contribution in [0, 0.1) is 13.8 Å². The van der Waals surface area contributed by atoms with Crippen molar-refractivity contribution in [3.05, 3.63) is 23.3 Å². The van der Waals surface area contributed by atoms with Gasteiger partial charge in [-0.1, -0.05) is 6.92 Å². The number of nitrogens with one attached hydrogen (secondary N) is 1. The molecule has 3 N–H and O–H groups in total. The molecule has 5 nitrogen and oxygen atoms in total. The van der Waals surface area contributed by atoms with E-state index in [2.05, 4.69) is 23.5 Å². The quantitative estimate of drug-likeness (QED) is 0.754. The molecule has 0 fully saturated rings. The van der Waals surface area contributed by atoms with E-state index in [9.17, 15) is 8.42 Å². The van der Waals surface area contributed by atoms with E-state index >= 15 is 0 Å². The zero-order chi connectivity index (χ0) is 16.2. The molecule has 0 heterocycles. The highest BCUT2D eigenvalue weighted by Crippen LogP contribution is 2.22. The van der Waals surface area contributed by atoms with Gasteiger partial charge in [-0.25, -0.2) is 13.1 Å². The summed E-state index contributed by atoms with van der Waals surface area (Å²) in [6, 6.07) is 3.74. The first-order valence-corrected chi connectivity index (χ1v) is 8.74. The van der Waals surface area contributed by atoms with Gasteiger partial charge in [0.15, 0.2) is 0 Å². The Morgan fingerprint density at radius 2 is 1.95 bits per heavy atom. The molecule has 0 spiro atoms. The first-order valence-electron chi connectivity index (χ1n) is 7.25. The number of nitrogens with two attached hydrogens (primary N) is 1. The number of benzene rings is 1. The molecule has 0 aliphatic rings. The van der Waals surface area contributed by atoms with Gasteiger partial charge in [0.05, 0.1) is 4.90 Å². The third kappa shape index (κ3) is 4.69. The van der Waals surface area contributed by atoms with Crippen molar-refractivity contribution in [2.24, 2.45) is 0 Å². The average molecular weight is 313 g/mol. The van der Waals surface area contributed by atoms with Crippen molar-refractivity contribution in [2.45, 2.75) is 45.1 Å². The fraction of sp³-hybridized carbons (Fsp3) is 0.600. The number of nitrogens with zero attached hydrogens (tertiary/aromatic N) is 1. The van der Waals surface area contributed by atoms with Gasteiger partial charge in [0.2, 0.25) is 10.0 Å². The van der Waals surface area contributed by atoms with Crippen molar-refractivity contribution in [3.63, 3.8) is 0 Å². The van der Waals surface area contributed by atoms with Crippen LogP contribution in [-0.4, -0.2) is 39.5 Å². The van der Waals surface area contributed by atoms with Crippen LogP contribution in [0.25, 0.3) is 0 Å². The lowest BCUT2D eigenvalue weighted by atomic mass is 10.1.